The summed E-state index contributed by atoms with van der Waals surface area (Å²) in [5.41, 5.74) is 6.64. The van der Waals surface area contributed by atoms with Gasteiger partial charge in [-0.1, -0.05) is 0 Å². The van der Waals surface area contributed by atoms with Gasteiger partial charge in [0.2, 0.25) is 0 Å². The molecule has 0 fully saturated rings. The number of nitrogens with two attached hydrogens (primary N) is 1. The Morgan fingerprint density at radius 3 is 2.53 bits per heavy atom. The van der Waals surface area contributed by atoms with Crippen molar-refractivity contribution in [1.82, 2.24) is 9.97 Å². The lowest BCUT2D eigenvalue weighted by atomic mass is 10.3. The molecule has 2 N–H and O–H groups in total. The third-order valence-corrected chi connectivity index (χ3v) is 3.98. The van der Waals surface area contributed by atoms with Crippen molar-refractivity contribution in [2.24, 2.45) is 0 Å². The Balaban J connectivity index is 2.55. The van der Waals surface area contributed by atoms with E-state index < -0.39 is 0 Å². The highest BCUT2D eigenvalue weighted by atomic mass is 79.9. The summed E-state index contributed by atoms with van der Waals surface area (Å²) in [6, 6.07) is 4.07. The number of halogens is 1. The van der Waals surface area contributed by atoms with Gasteiger partial charge in [0.1, 0.15) is 5.82 Å². The molecular weight excluding hydrogens is 274 g/mol. The Morgan fingerprint density at radius 1 is 1.27 bits per heavy atom. The van der Waals surface area contributed by atoms with E-state index in [4.69, 9.17) is 5.73 Å². The quantitative estimate of drug-likeness (QED) is 0.875. The van der Waals surface area contributed by atoms with Crippen molar-refractivity contribution >= 4 is 33.1 Å². The Morgan fingerprint density at radius 2 is 2.00 bits per heavy atom. The van der Waals surface area contributed by atoms with E-state index in [-0.39, 0.29) is 0 Å². The molecule has 0 unspecified atom stereocenters. The van der Waals surface area contributed by atoms with Crippen LogP contribution < -0.4 is 5.73 Å². The zero-order valence-corrected chi connectivity index (χ0v) is 10.8. The van der Waals surface area contributed by atoms with Crippen molar-refractivity contribution in [3.63, 3.8) is 0 Å². The lowest BCUT2D eigenvalue weighted by Crippen LogP contribution is -1.99. The number of rotatable bonds is 1. The van der Waals surface area contributed by atoms with Crippen LogP contribution in [0.2, 0.25) is 0 Å². The van der Waals surface area contributed by atoms with Crippen molar-refractivity contribution in [3.8, 4) is 10.7 Å². The molecule has 0 aliphatic heterocycles. The molecule has 0 aliphatic rings. The molecule has 0 bridgehead atoms. The number of hydrogen-bond donors (Lipinski definition) is 1. The monoisotopic (exact) mass is 283 g/mol. The van der Waals surface area contributed by atoms with Gasteiger partial charge in [0.05, 0.1) is 15.0 Å². The molecule has 0 amide bonds. The Labute approximate surface area is 101 Å². The van der Waals surface area contributed by atoms with Gasteiger partial charge < -0.3 is 5.73 Å². The van der Waals surface area contributed by atoms with Gasteiger partial charge in [-0.2, -0.15) is 0 Å². The molecular formula is C10H10BrN3S. The van der Waals surface area contributed by atoms with Crippen molar-refractivity contribution in [3.05, 3.63) is 27.2 Å². The summed E-state index contributed by atoms with van der Waals surface area (Å²) in [5, 5.41) is 0. The highest BCUT2D eigenvalue weighted by molar-refractivity contribution is 9.10. The first-order chi connectivity index (χ1) is 7.08. The lowest BCUT2D eigenvalue weighted by molar-refractivity contribution is 1.11. The van der Waals surface area contributed by atoms with Gasteiger partial charge in [-0.3, -0.25) is 0 Å². The number of hydrogen-bond acceptors (Lipinski definition) is 4. The van der Waals surface area contributed by atoms with E-state index >= 15 is 0 Å². The lowest BCUT2D eigenvalue weighted by Gasteiger charge is -2.03. The van der Waals surface area contributed by atoms with Crippen LogP contribution in [0.25, 0.3) is 10.7 Å². The molecule has 2 aromatic rings. The smallest absolute Gasteiger partial charge is 0.171 e. The maximum Gasteiger partial charge on any atom is 0.171 e. The second-order valence-corrected chi connectivity index (χ2v) is 5.32. The fourth-order valence-electron chi connectivity index (χ4n) is 1.25. The SMILES string of the molecule is Cc1ccc(-c2nc(C)c(Br)c(N)n2)s1. The molecule has 15 heavy (non-hydrogen) atoms. The van der Waals surface area contributed by atoms with Crippen LogP contribution in [-0.4, -0.2) is 9.97 Å². The molecule has 2 rings (SSSR count). The minimum Gasteiger partial charge on any atom is -0.383 e. The molecule has 5 heteroatoms. The predicted octanol–water partition coefficient (Wildman–Crippen LogP) is 3.17. The van der Waals surface area contributed by atoms with E-state index in [1.807, 2.05) is 13.0 Å². The third kappa shape index (κ3) is 2.03. The molecule has 0 aliphatic carbocycles. The van der Waals surface area contributed by atoms with E-state index in [2.05, 4.69) is 38.9 Å². The fraction of sp³-hybridized carbons (Fsp3) is 0.200. The van der Waals surface area contributed by atoms with Crippen molar-refractivity contribution in [2.75, 3.05) is 5.73 Å². The molecule has 0 radical (unpaired) electrons. The molecule has 0 atom stereocenters. The Kier molecular flexibility index (Phi) is 2.75. The summed E-state index contributed by atoms with van der Waals surface area (Å²) < 4.78 is 0.777. The molecule has 0 aromatic carbocycles. The minimum atomic E-state index is 0.489. The van der Waals surface area contributed by atoms with Crippen molar-refractivity contribution in [2.45, 2.75) is 13.8 Å². The number of aromatic nitrogens is 2. The Bertz CT molecular complexity index is 484. The summed E-state index contributed by atoms with van der Waals surface area (Å²) in [5.74, 6) is 1.19. The van der Waals surface area contributed by atoms with Gasteiger partial charge in [-0.05, 0) is 41.9 Å². The van der Waals surface area contributed by atoms with Crippen LogP contribution in [0.15, 0.2) is 16.6 Å². The maximum absolute atomic E-state index is 5.77. The summed E-state index contributed by atoms with van der Waals surface area (Å²) in [4.78, 5) is 10.9. The Hall–Kier alpha value is -0.940. The number of nitrogens with zero attached hydrogens (tertiary/aromatic N) is 2. The van der Waals surface area contributed by atoms with Crippen LogP contribution >= 0.6 is 27.3 Å². The first kappa shape index (κ1) is 10.6. The number of aryl methyl sites for hydroxylation is 2. The molecule has 78 valence electrons. The minimum absolute atomic E-state index is 0.489. The van der Waals surface area contributed by atoms with E-state index in [0.717, 1.165) is 15.0 Å². The predicted molar refractivity (Wildman–Crippen MR) is 66.9 cm³/mol. The van der Waals surface area contributed by atoms with Crippen LogP contribution in [0.4, 0.5) is 5.82 Å². The highest BCUT2D eigenvalue weighted by Gasteiger charge is 2.09. The highest BCUT2D eigenvalue weighted by Crippen LogP contribution is 2.28. The van der Waals surface area contributed by atoms with Gasteiger partial charge in [0.25, 0.3) is 0 Å². The van der Waals surface area contributed by atoms with E-state index in [0.29, 0.717) is 11.6 Å². The first-order valence-electron chi connectivity index (χ1n) is 4.44. The molecule has 0 saturated carbocycles. The van der Waals surface area contributed by atoms with E-state index in [1.54, 1.807) is 11.3 Å². The van der Waals surface area contributed by atoms with Crippen molar-refractivity contribution < 1.29 is 0 Å². The van der Waals surface area contributed by atoms with Crippen LogP contribution in [-0.2, 0) is 0 Å². The average molecular weight is 284 g/mol. The van der Waals surface area contributed by atoms with Crippen LogP contribution in [0.3, 0.4) is 0 Å². The van der Waals surface area contributed by atoms with Gasteiger partial charge >= 0.3 is 0 Å². The first-order valence-corrected chi connectivity index (χ1v) is 6.05. The second kappa shape index (κ2) is 3.90. The number of thiophene rings is 1. The van der Waals surface area contributed by atoms with Gasteiger partial charge in [-0.25, -0.2) is 9.97 Å². The van der Waals surface area contributed by atoms with Crippen molar-refractivity contribution in [1.29, 1.82) is 0 Å². The van der Waals surface area contributed by atoms with Gasteiger partial charge in [0, 0.05) is 4.88 Å². The molecule has 0 saturated heterocycles. The van der Waals surface area contributed by atoms with E-state index in [1.165, 1.54) is 4.88 Å². The number of anilines is 1. The molecule has 2 heterocycles. The zero-order chi connectivity index (χ0) is 11.0. The van der Waals surface area contributed by atoms with Crippen LogP contribution in [0.5, 0.6) is 0 Å². The zero-order valence-electron chi connectivity index (χ0n) is 8.41. The number of nitrogen functional groups attached to an aromatic ring is 1. The van der Waals surface area contributed by atoms with Crippen LogP contribution in [0.1, 0.15) is 10.6 Å². The molecule has 2 aromatic heterocycles. The topological polar surface area (TPSA) is 51.8 Å². The van der Waals surface area contributed by atoms with Crippen LogP contribution in [0, 0.1) is 13.8 Å². The van der Waals surface area contributed by atoms with Gasteiger partial charge in [0.15, 0.2) is 5.82 Å². The standard InChI is InChI=1S/C10H10BrN3S/c1-5-3-4-7(15-5)10-13-6(2)8(11)9(12)14-10/h3-4H,1-2H3,(H2,12,13,14). The largest absolute Gasteiger partial charge is 0.383 e. The fourth-order valence-corrected chi connectivity index (χ4v) is 2.23. The third-order valence-electron chi connectivity index (χ3n) is 2.00. The summed E-state index contributed by atoms with van der Waals surface area (Å²) in [6.45, 7) is 3.97. The summed E-state index contributed by atoms with van der Waals surface area (Å²) >= 11 is 5.01. The second-order valence-electron chi connectivity index (χ2n) is 3.24. The summed E-state index contributed by atoms with van der Waals surface area (Å²) in [6.07, 6.45) is 0. The molecule has 0 spiro atoms. The average Bonchev–Trinajstić information content (AvgIpc) is 2.60. The summed E-state index contributed by atoms with van der Waals surface area (Å²) in [7, 11) is 0. The molecule has 3 nitrogen and oxygen atoms in total. The normalized spacial score (nSPS) is 10.6. The van der Waals surface area contributed by atoms with Gasteiger partial charge in [-0.15, -0.1) is 11.3 Å². The van der Waals surface area contributed by atoms with E-state index in [9.17, 15) is 0 Å². The maximum atomic E-state index is 5.77.